The topological polar surface area (TPSA) is 71.1 Å². The van der Waals surface area contributed by atoms with E-state index < -0.39 is 0 Å². The van der Waals surface area contributed by atoms with Crippen LogP contribution >= 0.6 is 11.6 Å². The van der Waals surface area contributed by atoms with Crippen molar-refractivity contribution < 1.29 is 9.59 Å². The largest absolute Gasteiger partial charge is 0.322 e. The van der Waals surface area contributed by atoms with Crippen molar-refractivity contribution in [2.24, 2.45) is 0 Å². The van der Waals surface area contributed by atoms with E-state index in [1.54, 1.807) is 24.3 Å². The van der Waals surface area contributed by atoms with Gasteiger partial charge in [-0.2, -0.15) is 0 Å². The van der Waals surface area contributed by atoms with Gasteiger partial charge in [0.25, 0.3) is 11.8 Å². The van der Waals surface area contributed by atoms with Crippen molar-refractivity contribution >= 4 is 34.8 Å². The van der Waals surface area contributed by atoms with Gasteiger partial charge >= 0.3 is 0 Å². The minimum atomic E-state index is -0.349. The number of amides is 2. The van der Waals surface area contributed by atoms with E-state index in [0.29, 0.717) is 27.5 Å². The molecule has 0 aliphatic heterocycles. The molecule has 0 saturated carbocycles. The number of nitrogens with one attached hydrogen (secondary N) is 2. The van der Waals surface area contributed by atoms with Crippen molar-refractivity contribution in [1.82, 2.24) is 4.98 Å². The Bertz CT molecular complexity index is 1020. The molecule has 0 aliphatic carbocycles. The molecule has 3 rings (SSSR count). The number of pyridine rings is 1. The third-order valence-corrected chi connectivity index (χ3v) is 4.21. The molecule has 0 saturated heterocycles. The molecule has 5 nitrogen and oxygen atoms in total. The second-order valence-corrected chi connectivity index (χ2v) is 6.64. The Morgan fingerprint density at radius 2 is 1.59 bits per heavy atom. The van der Waals surface area contributed by atoms with Gasteiger partial charge in [0, 0.05) is 28.8 Å². The fourth-order valence-electron chi connectivity index (χ4n) is 2.58. The monoisotopic (exact) mass is 379 g/mol. The van der Waals surface area contributed by atoms with Gasteiger partial charge in [-0.1, -0.05) is 23.7 Å². The van der Waals surface area contributed by atoms with Gasteiger partial charge in [-0.15, -0.1) is 0 Å². The van der Waals surface area contributed by atoms with E-state index in [1.165, 1.54) is 18.5 Å². The lowest BCUT2D eigenvalue weighted by Gasteiger charge is -2.10. The van der Waals surface area contributed by atoms with Crippen LogP contribution in [0.4, 0.5) is 11.4 Å². The van der Waals surface area contributed by atoms with Gasteiger partial charge in [0.15, 0.2) is 0 Å². The molecule has 2 aromatic carbocycles. The maximum absolute atomic E-state index is 12.5. The van der Waals surface area contributed by atoms with Gasteiger partial charge in [-0.25, -0.2) is 0 Å². The molecule has 0 spiro atoms. The quantitative estimate of drug-likeness (QED) is 0.680. The Morgan fingerprint density at radius 1 is 0.889 bits per heavy atom. The van der Waals surface area contributed by atoms with Crippen molar-refractivity contribution in [1.29, 1.82) is 0 Å². The van der Waals surface area contributed by atoms with Gasteiger partial charge < -0.3 is 10.6 Å². The SMILES string of the molecule is Cc1cccc(NC(=O)c2cncc(C(=O)Nc3ccc(Cl)cc3C)c2)c1. The Labute approximate surface area is 162 Å². The summed E-state index contributed by atoms with van der Waals surface area (Å²) in [4.78, 5) is 29.0. The van der Waals surface area contributed by atoms with Crippen LogP contribution < -0.4 is 10.6 Å². The number of hydrogen-bond acceptors (Lipinski definition) is 3. The molecule has 2 N–H and O–H groups in total. The Kier molecular flexibility index (Phi) is 5.52. The third kappa shape index (κ3) is 4.71. The van der Waals surface area contributed by atoms with Crippen LogP contribution in [0.5, 0.6) is 0 Å². The number of carbonyl (C=O) groups is 2. The second kappa shape index (κ2) is 8.01. The van der Waals surface area contributed by atoms with Crippen LogP contribution in [0.25, 0.3) is 0 Å². The van der Waals surface area contributed by atoms with Crippen molar-refractivity contribution in [2.45, 2.75) is 13.8 Å². The van der Waals surface area contributed by atoms with Crippen molar-refractivity contribution in [3.05, 3.63) is 88.2 Å². The van der Waals surface area contributed by atoms with Crippen molar-refractivity contribution in [3.63, 3.8) is 0 Å². The molecule has 6 heteroatoms. The summed E-state index contributed by atoms with van der Waals surface area (Å²) in [6.07, 6.45) is 2.85. The summed E-state index contributed by atoms with van der Waals surface area (Å²) in [7, 11) is 0. The Morgan fingerprint density at radius 3 is 2.26 bits per heavy atom. The number of carbonyl (C=O) groups excluding carboxylic acids is 2. The van der Waals surface area contributed by atoms with Crippen LogP contribution in [0, 0.1) is 13.8 Å². The number of nitrogens with zero attached hydrogens (tertiary/aromatic N) is 1. The smallest absolute Gasteiger partial charge is 0.257 e. The normalized spacial score (nSPS) is 10.3. The average molecular weight is 380 g/mol. The average Bonchev–Trinajstić information content (AvgIpc) is 2.64. The number of anilines is 2. The van der Waals surface area contributed by atoms with Crippen LogP contribution in [-0.4, -0.2) is 16.8 Å². The van der Waals surface area contributed by atoms with E-state index in [4.69, 9.17) is 11.6 Å². The predicted octanol–water partition coefficient (Wildman–Crippen LogP) is 4.86. The highest BCUT2D eigenvalue weighted by Gasteiger charge is 2.13. The lowest BCUT2D eigenvalue weighted by Crippen LogP contribution is -2.16. The van der Waals surface area contributed by atoms with E-state index in [2.05, 4.69) is 15.6 Å². The number of rotatable bonds is 4. The number of benzene rings is 2. The zero-order valence-corrected chi connectivity index (χ0v) is 15.7. The first-order valence-corrected chi connectivity index (χ1v) is 8.71. The highest BCUT2D eigenvalue weighted by molar-refractivity contribution is 6.30. The zero-order valence-electron chi connectivity index (χ0n) is 14.9. The molecule has 136 valence electrons. The molecule has 3 aromatic rings. The summed E-state index contributed by atoms with van der Waals surface area (Å²) in [6.45, 7) is 3.80. The summed E-state index contributed by atoms with van der Waals surface area (Å²) >= 11 is 5.94. The molecule has 2 amide bonds. The molecule has 0 unspecified atom stereocenters. The lowest BCUT2D eigenvalue weighted by molar-refractivity contribution is 0.102. The highest BCUT2D eigenvalue weighted by Crippen LogP contribution is 2.20. The van der Waals surface area contributed by atoms with Gasteiger partial charge in [0.1, 0.15) is 0 Å². The lowest BCUT2D eigenvalue weighted by atomic mass is 10.1. The number of halogens is 1. The molecule has 1 aromatic heterocycles. The fourth-order valence-corrected chi connectivity index (χ4v) is 2.80. The van der Waals surface area contributed by atoms with Crippen LogP contribution in [-0.2, 0) is 0 Å². The van der Waals surface area contributed by atoms with Crippen LogP contribution in [0.3, 0.4) is 0 Å². The summed E-state index contributed by atoms with van der Waals surface area (Å²) in [6, 6.07) is 14.2. The predicted molar refractivity (Wildman–Crippen MR) is 108 cm³/mol. The molecule has 27 heavy (non-hydrogen) atoms. The summed E-state index contributed by atoms with van der Waals surface area (Å²) in [5.74, 6) is -0.677. The van der Waals surface area contributed by atoms with Crippen LogP contribution in [0.15, 0.2) is 60.9 Å². The van der Waals surface area contributed by atoms with Crippen molar-refractivity contribution in [3.8, 4) is 0 Å². The summed E-state index contributed by atoms with van der Waals surface area (Å²) in [5.41, 5.74) is 3.82. The minimum Gasteiger partial charge on any atom is -0.322 e. The first kappa shape index (κ1) is 18.6. The molecule has 0 radical (unpaired) electrons. The standard InChI is InChI=1S/C21H18ClN3O2/c1-13-4-3-5-18(8-13)24-20(26)15-10-16(12-23-11-15)21(27)25-19-7-6-17(22)9-14(19)2/h3-12H,1-2H3,(H,24,26)(H,25,27). The second-order valence-electron chi connectivity index (χ2n) is 6.20. The van der Waals surface area contributed by atoms with E-state index in [0.717, 1.165) is 11.1 Å². The first-order chi connectivity index (χ1) is 12.9. The molecular weight excluding hydrogens is 362 g/mol. The Hall–Kier alpha value is -3.18. The molecule has 0 aliphatic rings. The molecule has 0 bridgehead atoms. The van der Waals surface area contributed by atoms with Gasteiger partial charge in [0.05, 0.1) is 11.1 Å². The highest BCUT2D eigenvalue weighted by atomic mass is 35.5. The fraction of sp³-hybridized carbons (Fsp3) is 0.0952. The van der Waals surface area contributed by atoms with Gasteiger partial charge in [-0.05, 0) is 61.4 Å². The maximum Gasteiger partial charge on any atom is 0.257 e. The molecule has 0 atom stereocenters. The van der Waals surface area contributed by atoms with Crippen LogP contribution in [0.1, 0.15) is 31.8 Å². The number of hydrogen-bond donors (Lipinski definition) is 2. The number of aryl methyl sites for hydroxylation is 2. The molecule has 0 fully saturated rings. The van der Waals surface area contributed by atoms with E-state index in [-0.39, 0.29) is 11.8 Å². The van der Waals surface area contributed by atoms with E-state index >= 15 is 0 Å². The van der Waals surface area contributed by atoms with Crippen LogP contribution in [0.2, 0.25) is 5.02 Å². The third-order valence-electron chi connectivity index (χ3n) is 3.98. The number of aromatic nitrogens is 1. The summed E-state index contributed by atoms with van der Waals surface area (Å²) < 4.78 is 0. The van der Waals surface area contributed by atoms with Gasteiger partial charge in [0.2, 0.25) is 0 Å². The van der Waals surface area contributed by atoms with E-state index in [1.807, 2.05) is 32.0 Å². The van der Waals surface area contributed by atoms with Crippen molar-refractivity contribution in [2.75, 3.05) is 10.6 Å². The summed E-state index contributed by atoms with van der Waals surface area (Å²) in [5, 5.41) is 6.21. The minimum absolute atomic E-state index is 0.293. The van der Waals surface area contributed by atoms with Gasteiger partial charge in [-0.3, -0.25) is 14.6 Å². The zero-order chi connectivity index (χ0) is 19.4. The Balaban J connectivity index is 1.76. The maximum atomic E-state index is 12.5. The first-order valence-electron chi connectivity index (χ1n) is 8.33. The molecular formula is C21H18ClN3O2. The van der Waals surface area contributed by atoms with E-state index in [9.17, 15) is 9.59 Å². The molecule has 1 heterocycles.